The summed E-state index contributed by atoms with van der Waals surface area (Å²) < 4.78 is 4.78. The fourth-order valence-corrected chi connectivity index (χ4v) is 1.34. The molecular formula is C13H16O3. The standard InChI is InChI=1S/C13H16O3/c1-2-16-13(15)7-6-11-4-3-5-12(10-11)8-9-14/h3-7,10,14H,2,8-9H2,1H3/b7-6+. The molecule has 0 saturated carbocycles. The van der Waals surface area contributed by atoms with E-state index in [1.165, 1.54) is 6.08 Å². The van der Waals surface area contributed by atoms with Crippen molar-refractivity contribution in [2.75, 3.05) is 13.2 Å². The van der Waals surface area contributed by atoms with Crippen LogP contribution < -0.4 is 0 Å². The van der Waals surface area contributed by atoms with Crippen molar-refractivity contribution in [3.8, 4) is 0 Å². The van der Waals surface area contributed by atoms with Crippen molar-refractivity contribution < 1.29 is 14.6 Å². The van der Waals surface area contributed by atoms with Crippen molar-refractivity contribution in [1.29, 1.82) is 0 Å². The molecule has 1 rings (SSSR count). The van der Waals surface area contributed by atoms with Crippen LogP contribution in [0.3, 0.4) is 0 Å². The Morgan fingerprint density at radius 3 is 3.00 bits per heavy atom. The molecule has 0 saturated heterocycles. The van der Waals surface area contributed by atoms with Crippen LogP contribution >= 0.6 is 0 Å². The normalized spacial score (nSPS) is 10.6. The van der Waals surface area contributed by atoms with E-state index in [2.05, 4.69) is 0 Å². The lowest BCUT2D eigenvalue weighted by atomic mass is 10.1. The Hall–Kier alpha value is -1.61. The predicted octanol–water partition coefficient (Wildman–Crippen LogP) is 1.80. The van der Waals surface area contributed by atoms with Crippen LogP contribution in [0.2, 0.25) is 0 Å². The minimum Gasteiger partial charge on any atom is -0.463 e. The second kappa shape index (κ2) is 6.80. The Bertz CT molecular complexity index is 369. The Morgan fingerprint density at radius 2 is 2.31 bits per heavy atom. The van der Waals surface area contributed by atoms with Gasteiger partial charge in [0.1, 0.15) is 0 Å². The molecule has 16 heavy (non-hydrogen) atoms. The number of carbonyl (C=O) groups is 1. The second-order valence-corrected chi connectivity index (χ2v) is 3.30. The molecule has 0 heterocycles. The second-order valence-electron chi connectivity index (χ2n) is 3.30. The first-order chi connectivity index (χ1) is 7.76. The van der Waals surface area contributed by atoms with Crippen molar-refractivity contribution >= 4 is 12.0 Å². The molecule has 86 valence electrons. The number of rotatable bonds is 5. The molecule has 3 nitrogen and oxygen atoms in total. The van der Waals surface area contributed by atoms with Crippen LogP contribution in [0.4, 0.5) is 0 Å². The van der Waals surface area contributed by atoms with Gasteiger partial charge in [-0.1, -0.05) is 24.3 Å². The van der Waals surface area contributed by atoms with Crippen LogP contribution in [-0.2, 0) is 16.0 Å². The van der Waals surface area contributed by atoms with Gasteiger partial charge in [-0.15, -0.1) is 0 Å². The highest BCUT2D eigenvalue weighted by Gasteiger charge is 1.95. The fourth-order valence-electron chi connectivity index (χ4n) is 1.34. The zero-order valence-electron chi connectivity index (χ0n) is 9.35. The van der Waals surface area contributed by atoms with E-state index in [9.17, 15) is 4.79 Å². The van der Waals surface area contributed by atoms with E-state index in [1.54, 1.807) is 13.0 Å². The highest BCUT2D eigenvalue weighted by Crippen LogP contribution is 2.07. The summed E-state index contributed by atoms with van der Waals surface area (Å²) in [5, 5.41) is 8.81. The Morgan fingerprint density at radius 1 is 1.50 bits per heavy atom. The molecular weight excluding hydrogens is 204 g/mol. The quantitative estimate of drug-likeness (QED) is 0.608. The molecule has 3 heteroatoms. The lowest BCUT2D eigenvalue weighted by Crippen LogP contribution is -1.98. The summed E-state index contributed by atoms with van der Waals surface area (Å²) in [5.41, 5.74) is 1.98. The van der Waals surface area contributed by atoms with Crippen molar-refractivity contribution in [2.24, 2.45) is 0 Å². The zero-order valence-corrected chi connectivity index (χ0v) is 9.35. The third-order valence-corrected chi connectivity index (χ3v) is 2.05. The highest BCUT2D eigenvalue weighted by molar-refractivity contribution is 5.87. The van der Waals surface area contributed by atoms with Gasteiger partial charge in [-0.05, 0) is 30.5 Å². The van der Waals surface area contributed by atoms with Crippen molar-refractivity contribution in [3.63, 3.8) is 0 Å². The molecule has 1 aromatic carbocycles. The van der Waals surface area contributed by atoms with Crippen LogP contribution in [0.25, 0.3) is 6.08 Å². The van der Waals surface area contributed by atoms with Gasteiger partial charge in [0.2, 0.25) is 0 Å². The number of ether oxygens (including phenoxy) is 1. The minimum atomic E-state index is -0.338. The van der Waals surface area contributed by atoms with E-state index in [-0.39, 0.29) is 12.6 Å². The molecule has 0 radical (unpaired) electrons. The van der Waals surface area contributed by atoms with Gasteiger partial charge in [0.05, 0.1) is 6.61 Å². The van der Waals surface area contributed by atoms with Crippen molar-refractivity contribution in [1.82, 2.24) is 0 Å². The molecule has 0 aliphatic carbocycles. The number of carbonyl (C=O) groups excluding carboxylic acids is 1. The zero-order chi connectivity index (χ0) is 11.8. The van der Waals surface area contributed by atoms with Gasteiger partial charge >= 0.3 is 5.97 Å². The van der Waals surface area contributed by atoms with E-state index in [0.717, 1.165) is 11.1 Å². The van der Waals surface area contributed by atoms with E-state index in [0.29, 0.717) is 13.0 Å². The molecule has 0 aromatic heterocycles. The van der Waals surface area contributed by atoms with Crippen LogP contribution in [0.15, 0.2) is 30.3 Å². The maximum atomic E-state index is 11.1. The molecule has 1 aromatic rings. The first kappa shape index (κ1) is 12.5. The smallest absolute Gasteiger partial charge is 0.330 e. The molecule has 0 bridgehead atoms. The van der Waals surface area contributed by atoms with Crippen molar-refractivity contribution in [2.45, 2.75) is 13.3 Å². The number of hydrogen-bond acceptors (Lipinski definition) is 3. The maximum Gasteiger partial charge on any atom is 0.330 e. The number of aliphatic hydroxyl groups is 1. The number of aliphatic hydroxyl groups excluding tert-OH is 1. The van der Waals surface area contributed by atoms with Crippen LogP contribution in [0, 0.1) is 0 Å². The van der Waals surface area contributed by atoms with Crippen LogP contribution in [0.1, 0.15) is 18.1 Å². The predicted molar refractivity (Wildman–Crippen MR) is 62.9 cm³/mol. The summed E-state index contributed by atoms with van der Waals surface area (Å²) in [6, 6.07) is 7.68. The SMILES string of the molecule is CCOC(=O)/C=C/c1cccc(CCO)c1. The molecule has 0 amide bonds. The van der Waals surface area contributed by atoms with Crippen molar-refractivity contribution in [3.05, 3.63) is 41.5 Å². The molecule has 0 unspecified atom stereocenters. The lowest BCUT2D eigenvalue weighted by molar-refractivity contribution is -0.137. The monoisotopic (exact) mass is 220 g/mol. The summed E-state index contributed by atoms with van der Waals surface area (Å²) in [5.74, 6) is -0.338. The van der Waals surface area contributed by atoms with Gasteiger partial charge in [0.15, 0.2) is 0 Å². The highest BCUT2D eigenvalue weighted by atomic mass is 16.5. The van der Waals surface area contributed by atoms with E-state index < -0.39 is 0 Å². The van der Waals surface area contributed by atoms with Gasteiger partial charge in [0.25, 0.3) is 0 Å². The van der Waals surface area contributed by atoms with Gasteiger partial charge in [-0.25, -0.2) is 4.79 Å². The molecule has 0 fully saturated rings. The largest absolute Gasteiger partial charge is 0.463 e. The molecule has 0 atom stereocenters. The Kier molecular flexibility index (Phi) is 5.29. The molecule has 0 spiro atoms. The average molecular weight is 220 g/mol. The topological polar surface area (TPSA) is 46.5 Å². The van der Waals surface area contributed by atoms with Crippen LogP contribution in [-0.4, -0.2) is 24.3 Å². The third-order valence-electron chi connectivity index (χ3n) is 2.05. The molecule has 1 N–H and O–H groups in total. The summed E-state index contributed by atoms with van der Waals surface area (Å²) in [6.07, 6.45) is 3.74. The molecule has 0 aliphatic heterocycles. The first-order valence-electron chi connectivity index (χ1n) is 5.31. The Balaban J connectivity index is 2.66. The van der Waals surface area contributed by atoms with Gasteiger partial charge in [-0.2, -0.15) is 0 Å². The Labute approximate surface area is 95.4 Å². The fraction of sp³-hybridized carbons (Fsp3) is 0.308. The average Bonchev–Trinajstić information content (AvgIpc) is 2.28. The number of benzene rings is 1. The minimum absolute atomic E-state index is 0.130. The summed E-state index contributed by atoms with van der Waals surface area (Å²) in [6.45, 7) is 2.28. The van der Waals surface area contributed by atoms with Gasteiger partial charge in [-0.3, -0.25) is 0 Å². The van der Waals surface area contributed by atoms with Gasteiger partial charge < -0.3 is 9.84 Å². The number of esters is 1. The molecule has 0 aliphatic rings. The van der Waals surface area contributed by atoms with E-state index in [4.69, 9.17) is 9.84 Å². The van der Waals surface area contributed by atoms with E-state index >= 15 is 0 Å². The summed E-state index contributed by atoms with van der Waals surface area (Å²) >= 11 is 0. The van der Waals surface area contributed by atoms with Gasteiger partial charge in [0, 0.05) is 12.7 Å². The third kappa shape index (κ3) is 4.28. The maximum absolute atomic E-state index is 11.1. The van der Waals surface area contributed by atoms with Crippen LogP contribution in [0.5, 0.6) is 0 Å². The first-order valence-corrected chi connectivity index (χ1v) is 5.31. The number of hydrogen-bond donors (Lipinski definition) is 1. The summed E-state index contributed by atoms with van der Waals surface area (Å²) in [4.78, 5) is 11.1. The summed E-state index contributed by atoms with van der Waals surface area (Å²) in [7, 11) is 0. The van der Waals surface area contributed by atoms with E-state index in [1.807, 2.05) is 24.3 Å². The lowest BCUT2D eigenvalue weighted by Gasteiger charge is -2.00.